The Morgan fingerprint density at radius 1 is 0.544 bits per heavy atom. The first-order valence-electron chi connectivity index (χ1n) is 24.7. The standard InChI is InChI=1S/2C27H28F3N5O3S.ClH/c2*1-35(25-20-8-19(10-27(28,29)30)39-26(20)34-14-33-25)22-9-21(23(36)24(22)37)32-11-15-3-5-16(6-4-15)17-7-18(38-2)13-31-12-17;/h2*3-8,12-14,21-24,32,36-37H,9-11H2,1-2H3;1H/t2*21-,22+,23-,24+;/m11./s1. The number of rotatable bonds is 16. The number of pyridine rings is 2. The monoisotopic (exact) mass is 1150 g/mol. The zero-order chi connectivity index (χ0) is 55.5. The lowest BCUT2D eigenvalue weighted by Crippen LogP contribution is -2.43. The molecule has 420 valence electrons. The third kappa shape index (κ3) is 14.0. The number of hydrogen-bond acceptors (Lipinski definition) is 18. The summed E-state index contributed by atoms with van der Waals surface area (Å²) in [6.45, 7) is 0.954. The van der Waals surface area contributed by atoms with E-state index in [0.717, 1.165) is 56.1 Å². The molecule has 2 aliphatic rings. The van der Waals surface area contributed by atoms with Crippen LogP contribution in [0.1, 0.15) is 33.7 Å². The minimum Gasteiger partial charge on any atom is -0.495 e. The molecule has 16 nitrogen and oxygen atoms in total. The van der Waals surface area contributed by atoms with Gasteiger partial charge in [-0.25, -0.2) is 19.9 Å². The largest absolute Gasteiger partial charge is 0.495 e. The molecule has 0 saturated heterocycles. The van der Waals surface area contributed by atoms with Gasteiger partial charge in [-0.15, -0.1) is 35.1 Å². The number of nitrogens with zero attached hydrogens (tertiary/aromatic N) is 8. The number of aliphatic hydroxyl groups excluding tert-OH is 4. The van der Waals surface area contributed by atoms with E-state index in [1.54, 1.807) is 62.9 Å². The lowest BCUT2D eigenvalue weighted by atomic mass is 10.1. The predicted molar refractivity (Wildman–Crippen MR) is 293 cm³/mol. The van der Waals surface area contributed by atoms with Gasteiger partial charge >= 0.3 is 12.4 Å². The molecule has 2 fully saturated rings. The molecular weight excluding hydrogens is 1100 g/mol. The molecule has 6 N–H and O–H groups in total. The highest BCUT2D eigenvalue weighted by Gasteiger charge is 2.45. The number of anilines is 2. The normalized spacial score (nSPS) is 21.1. The van der Waals surface area contributed by atoms with Crippen LogP contribution in [0.25, 0.3) is 42.7 Å². The summed E-state index contributed by atoms with van der Waals surface area (Å²) in [5.74, 6) is 2.19. The maximum Gasteiger partial charge on any atom is 0.393 e. The molecule has 79 heavy (non-hydrogen) atoms. The quantitative estimate of drug-likeness (QED) is 0.0503. The third-order valence-corrected chi connectivity index (χ3v) is 16.1. The fraction of sp³-hybridized carbons (Fsp3) is 0.370. The average molecular weight is 1160 g/mol. The van der Waals surface area contributed by atoms with E-state index in [1.165, 1.54) is 24.8 Å². The van der Waals surface area contributed by atoms with Gasteiger partial charge in [-0.2, -0.15) is 26.3 Å². The molecule has 8 atom stereocenters. The number of thiophene rings is 2. The third-order valence-electron chi connectivity index (χ3n) is 14.0. The zero-order valence-corrected chi connectivity index (χ0v) is 45.4. The van der Waals surface area contributed by atoms with E-state index in [0.29, 0.717) is 69.5 Å². The molecule has 25 heteroatoms. The van der Waals surface area contributed by atoms with Gasteiger partial charge in [0, 0.05) is 72.5 Å². The van der Waals surface area contributed by atoms with Gasteiger partial charge in [0.2, 0.25) is 0 Å². The number of halogens is 7. The topological polar surface area (TPSA) is 207 Å². The van der Waals surface area contributed by atoms with Crippen molar-refractivity contribution in [2.45, 2.75) is 99.7 Å². The highest BCUT2D eigenvalue weighted by molar-refractivity contribution is 7.19. The van der Waals surface area contributed by atoms with Gasteiger partial charge in [-0.3, -0.25) is 9.97 Å². The average Bonchev–Trinajstić information content (AvgIpc) is 4.19. The Bertz CT molecular complexity index is 3090. The number of ether oxygens (including phenoxy) is 2. The van der Waals surface area contributed by atoms with Crippen molar-refractivity contribution in [3.05, 3.63) is 131 Å². The number of aliphatic hydroxyl groups is 4. The second-order valence-corrected chi connectivity index (χ2v) is 21.5. The highest BCUT2D eigenvalue weighted by Crippen LogP contribution is 2.39. The zero-order valence-electron chi connectivity index (χ0n) is 42.9. The lowest BCUT2D eigenvalue weighted by Gasteiger charge is -2.28. The van der Waals surface area contributed by atoms with E-state index in [9.17, 15) is 46.8 Å². The van der Waals surface area contributed by atoms with Crippen molar-refractivity contribution in [2.24, 2.45) is 0 Å². The fourth-order valence-corrected chi connectivity index (χ4v) is 12.0. The van der Waals surface area contributed by atoms with Crippen molar-refractivity contribution in [2.75, 3.05) is 38.1 Å². The van der Waals surface area contributed by atoms with Gasteiger partial charge in [0.15, 0.2) is 0 Å². The number of likely N-dealkylation sites (N-methyl/N-ethyl adjacent to an activating group) is 2. The number of hydrogen-bond donors (Lipinski definition) is 6. The number of alkyl halides is 6. The minimum atomic E-state index is -4.32. The molecule has 10 rings (SSSR count). The summed E-state index contributed by atoms with van der Waals surface area (Å²) >= 11 is 1.95. The van der Waals surface area contributed by atoms with Crippen molar-refractivity contribution < 1.29 is 56.2 Å². The van der Waals surface area contributed by atoms with Gasteiger partial charge in [-0.05, 0) is 59.4 Å². The van der Waals surface area contributed by atoms with Crippen LogP contribution in [0.5, 0.6) is 11.5 Å². The van der Waals surface area contributed by atoms with E-state index in [4.69, 9.17) is 9.47 Å². The van der Waals surface area contributed by atoms with Crippen molar-refractivity contribution >= 4 is 67.1 Å². The molecule has 0 bridgehead atoms. The van der Waals surface area contributed by atoms with E-state index >= 15 is 0 Å². The van der Waals surface area contributed by atoms with Gasteiger partial charge in [0.25, 0.3) is 0 Å². The molecule has 0 unspecified atom stereocenters. The molecule has 8 aromatic rings. The van der Waals surface area contributed by atoms with Crippen LogP contribution in [0.2, 0.25) is 0 Å². The summed E-state index contributed by atoms with van der Waals surface area (Å²) in [5.41, 5.74) is 5.85. The summed E-state index contributed by atoms with van der Waals surface area (Å²) in [4.78, 5) is 29.9. The first-order chi connectivity index (χ1) is 37.2. The molecule has 2 aliphatic carbocycles. The van der Waals surface area contributed by atoms with Crippen LogP contribution < -0.4 is 29.9 Å². The number of fused-ring (bicyclic) bond motifs is 2. The van der Waals surface area contributed by atoms with Crippen LogP contribution in [-0.4, -0.2) is 140 Å². The fourth-order valence-electron chi connectivity index (χ4n) is 9.93. The summed E-state index contributed by atoms with van der Waals surface area (Å²) in [7, 11) is 6.63. The Hall–Kier alpha value is -6.35. The van der Waals surface area contributed by atoms with Crippen LogP contribution in [0, 0.1) is 0 Å². The Balaban J connectivity index is 0.000000205. The number of aromatic nitrogens is 6. The smallest absolute Gasteiger partial charge is 0.393 e. The minimum absolute atomic E-state index is 0. The van der Waals surface area contributed by atoms with Gasteiger partial charge in [0.1, 0.15) is 57.7 Å². The van der Waals surface area contributed by atoms with Gasteiger partial charge in [0.05, 0.1) is 74.5 Å². The Labute approximate surface area is 464 Å². The summed E-state index contributed by atoms with van der Waals surface area (Å²) in [5, 5.41) is 50.9. The van der Waals surface area contributed by atoms with Crippen molar-refractivity contribution in [1.29, 1.82) is 0 Å². The first kappa shape index (κ1) is 58.8. The van der Waals surface area contributed by atoms with Crippen LogP contribution in [0.15, 0.2) is 110 Å². The number of benzene rings is 2. The van der Waals surface area contributed by atoms with Crippen molar-refractivity contribution in [1.82, 2.24) is 40.5 Å². The molecule has 0 aliphatic heterocycles. The van der Waals surface area contributed by atoms with E-state index in [-0.39, 0.29) is 22.2 Å². The Morgan fingerprint density at radius 3 is 1.28 bits per heavy atom. The van der Waals surface area contributed by atoms with E-state index in [2.05, 4.69) is 40.5 Å². The van der Waals surface area contributed by atoms with E-state index < -0.39 is 73.8 Å². The number of methoxy groups -OCH3 is 2. The second kappa shape index (κ2) is 25.0. The SMILES string of the molecule is COc1cncc(-c2ccc(CN[C@@H]3C[C@H](N(C)c4ncnc5sc(CC(F)(F)F)cc45)[C@H](O)[C@@H]3O)cc2)c1.COc1cncc(-c2ccc(CN[C@@H]3C[C@H](N(C)c4ncnc5sc(CC(F)(F)F)cc45)[C@H](O)[C@@H]3O)cc2)c1.Cl. The molecule has 2 aromatic carbocycles. The predicted octanol–water partition coefficient (Wildman–Crippen LogP) is 8.33. The molecular formula is C54H57ClF6N10O6S2. The van der Waals surface area contributed by atoms with Gasteiger partial charge < -0.3 is 50.3 Å². The molecule has 6 heterocycles. The molecule has 0 amide bonds. The highest BCUT2D eigenvalue weighted by atomic mass is 35.5. The summed E-state index contributed by atoms with van der Waals surface area (Å²) in [6.07, 6.45) is -4.66. The van der Waals surface area contributed by atoms with Crippen LogP contribution >= 0.6 is 35.1 Å². The van der Waals surface area contributed by atoms with Crippen molar-refractivity contribution in [3.8, 4) is 33.8 Å². The maximum atomic E-state index is 12.9. The van der Waals surface area contributed by atoms with Crippen LogP contribution in [-0.2, 0) is 25.9 Å². The molecule has 0 radical (unpaired) electrons. The second-order valence-electron chi connectivity index (χ2n) is 19.2. The molecule has 6 aromatic heterocycles. The first-order valence-corrected chi connectivity index (χ1v) is 26.3. The number of nitrogens with one attached hydrogen (secondary N) is 2. The summed E-state index contributed by atoms with van der Waals surface area (Å²) < 4.78 is 88.0. The van der Waals surface area contributed by atoms with Crippen LogP contribution in [0.3, 0.4) is 0 Å². The Morgan fingerprint density at radius 2 is 0.924 bits per heavy atom. The lowest BCUT2D eigenvalue weighted by molar-refractivity contribution is -0.127. The molecule has 2 saturated carbocycles. The summed E-state index contributed by atoms with van der Waals surface area (Å²) in [6, 6.07) is 20.8. The van der Waals surface area contributed by atoms with Crippen molar-refractivity contribution in [3.63, 3.8) is 0 Å². The van der Waals surface area contributed by atoms with Gasteiger partial charge in [-0.1, -0.05) is 48.5 Å². The Kier molecular flexibility index (Phi) is 18.6. The maximum absolute atomic E-state index is 12.9. The van der Waals surface area contributed by atoms with Crippen LogP contribution in [0.4, 0.5) is 38.0 Å². The molecule has 0 spiro atoms. The van der Waals surface area contributed by atoms with E-state index in [1.807, 2.05) is 60.7 Å².